The van der Waals surface area contributed by atoms with Gasteiger partial charge in [-0.2, -0.15) is 0 Å². The predicted molar refractivity (Wildman–Crippen MR) is 214 cm³/mol. The highest BCUT2D eigenvalue weighted by Gasteiger charge is 2.80. The summed E-state index contributed by atoms with van der Waals surface area (Å²) >= 11 is 0. The summed E-state index contributed by atoms with van der Waals surface area (Å²) in [6, 6.07) is 11.2. The summed E-state index contributed by atoms with van der Waals surface area (Å²) < 4.78 is 23.9. The molecular formula is C45H54ClN4O8-. The second-order valence-corrected chi connectivity index (χ2v) is 17.2. The van der Waals surface area contributed by atoms with Crippen molar-refractivity contribution >= 4 is 34.5 Å². The molecule has 2 bridgehead atoms. The first kappa shape index (κ1) is 40.4. The van der Waals surface area contributed by atoms with Gasteiger partial charge in [0.25, 0.3) is 0 Å². The molecule has 6 heterocycles. The number of fused-ring (bicyclic) bond motifs is 6. The summed E-state index contributed by atoms with van der Waals surface area (Å²) in [5.74, 6) is -1.31. The van der Waals surface area contributed by atoms with Crippen LogP contribution < -0.4 is 22.0 Å². The molecule has 5 aliphatic heterocycles. The number of H-pyrrole nitrogens is 1. The van der Waals surface area contributed by atoms with Crippen LogP contribution in [0.1, 0.15) is 68.8 Å². The number of ether oxygens (including phenoxy) is 4. The smallest absolute Gasteiger partial charge is 0.344 e. The van der Waals surface area contributed by atoms with Crippen molar-refractivity contribution < 1.29 is 50.8 Å². The quantitative estimate of drug-likeness (QED) is 0.206. The van der Waals surface area contributed by atoms with E-state index in [1.165, 1.54) is 26.7 Å². The Balaban J connectivity index is 0.00000469. The highest BCUT2D eigenvalue weighted by molar-refractivity contribution is 5.95. The second kappa shape index (κ2) is 14.1. The first-order valence-corrected chi connectivity index (χ1v) is 20.3. The summed E-state index contributed by atoms with van der Waals surface area (Å²) in [6.45, 7) is 9.19. The molecule has 2 fully saturated rings. The van der Waals surface area contributed by atoms with E-state index >= 15 is 4.79 Å². The summed E-state index contributed by atoms with van der Waals surface area (Å²) in [6.07, 6.45) is 7.67. The number of nitrogens with one attached hydrogen (secondary N) is 1. The van der Waals surface area contributed by atoms with Crippen LogP contribution in [0.3, 0.4) is 0 Å². The van der Waals surface area contributed by atoms with E-state index in [4.69, 9.17) is 18.9 Å². The molecule has 12 nitrogen and oxygen atoms in total. The van der Waals surface area contributed by atoms with Crippen molar-refractivity contribution in [1.82, 2.24) is 14.8 Å². The van der Waals surface area contributed by atoms with E-state index in [2.05, 4.69) is 58.1 Å². The van der Waals surface area contributed by atoms with Crippen molar-refractivity contribution in [3.8, 4) is 5.75 Å². The van der Waals surface area contributed by atoms with Crippen LogP contribution in [0.2, 0.25) is 0 Å². The molecule has 9 atom stereocenters. The Morgan fingerprint density at radius 2 is 1.76 bits per heavy atom. The van der Waals surface area contributed by atoms with Crippen molar-refractivity contribution in [2.75, 3.05) is 59.5 Å². The van der Waals surface area contributed by atoms with Crippen LogP contribution in [0.5, 0.6) is 5.75 Å². The van der Waals surface area contributed by atoms with Gasteiger partial charge in [0.05, 0.1) is 27.4 Å². The van der Waals surface area contributed by atoms with Crippen LogP contribution >= 0.6 is 0 Å². The number of nitrogens with zero attached hydrogens (tertiary/aromatic N) is 3. The van der Waals surface area contributed by atoms with Gasteiger partial charge in [0, 0.05) is 90.9 Å². The Labute approximate surface area is 345 Å². The molecule has 0 radical (unpaired) electrons. The van der Waals surface area contributed by atoms with E-state index in [1.54, 1.807) is 7.11 Å². The lowest BCUT2D eigenvalue weighted by Gasteiger charge is -2.63. The number of esters is 3. The topological polar surface area (TPSA) is 134 Å². The number of halogens is 1. The molecule has 9 rings (SSSR count). The molecule has 2 unspecified atom stereocenters. The average Bonchev–Trinajstić information content (AvgIpc) is 3.87. The van der Waals surface area contributed by atoms with Gasteiger partial charge in [0.2, 0.25) is 5.60 Å². The zero-order chi connectivity index (χ0) is 40.2. The van der Waals surface area contributed by atoms with Crippen LogP contribution in [0, 0.1) is 11.3 Å². The van der Waals surface area contributed by atoms with Crippen LogP contribution in [0.4, 0.5) is 5.69 Å². The van der Waals surface area contributed by atoms with Crippen molar-refractivity contribution in [2.24, 2.45) is 11.3 Å². The van der Waals surface area contributed by atoms with Crippen molar-refractivity contribution in [1.29, 1.82) is 0 Å². The number of likely N-dealkylation sites (N-methyl/N-ethyl adjacent to an activating group) is 1. The van der Waals surface area contributed by atoms with Gasteiger partial charge in [-0.05, 0) is 61.4 Å². The van der Waals surface area contributed by atoms with Gasteiger partial charge in [0.15, 0.2) is 6.10 Å². The summed E-state index contributed by atoms with van der Waals surface area (Å²) in [5.41, 5.74) is 1.05. The Morgan fingerprint density at radius 3 is 2.45 bits per heavy atom. The first-order chi connectivity index (χ1) is 27.4. The van der Waals surface area contributed by atoms with Crippen molar-refractivity contribution in [3.63, 3.8) is 0 Å². The number of carbonyl (C=O) groups excluding carboxylic acids is 3. The molecule has 0 amide bonds. The molecule has 2 N–H and O–H groups in total. The third kappa shape index (κ3) is 5.07. The third-order valence-electron chi connectivity index (χ3n) is 14.8. The van der Waals surface area contributed by atoms with E-state index in [0.29, 0.717) is 50.2 Å². The predicted octanol–water partition coefficient (Wildman–Crippen LogP) is 1.76. The van der Waals surface area contributed by atoms with E-state index in [1.807, 2.05) is 37.1 Å². The Morgan fingerprint density at radius 1 is 1.00 bits per heavy atom. The molecule has 1 saturated carbocycles. The van der Waals surface area contributed by atoms with Crippen LogP contribution in [-0.2, 0) is 46.0 Å². The van der Waals surface area contributed by atoms with Gasteiger partial charge in [-0.3, -0.25) is 19.4 Å². The van der Waals surface area contributed by atoms with Crippen molar-refractivity contribution in [2.45, 2.75) is 87.6 Å². The molecule has 1 aromatic heterocycles. The number of aromatic amines is 1. The van der Waals surface area contributed by atoms with Gasteiger partial charge in [-0.1, -0.05) is 55.8 Å². The maximum atomic E-state index is 15.2. The van der Waals surface area contributed by atoms with E-state index in [0.717, 1.165) is 52.9 Å². The molecule has 58 heavy (non-hydrogen) atoms. The molecule has 1 aliphatic carbocycles. The minimum atomic E-state index is -2.27. The second-order valence-electron chi connectivity index (χ2n) is 17.2. The van der Waals surface area contributed by atoms with Gasteiger partial charge < -0.3 is 46.3 Å². The van der Waals surface area contributed by atoms with E-state index < -0.39 is 45.9 Å². The number of aromatic nitrogens is 1. The maximum Gasteiger partial charge on any atom is 0.344 e. The highest BCUT2D eigenvalue weighted by atomic mass is 35.5. The molecular weight excluding hydrogens is 760 g/mol. The number of benzene rings is 2. The Hall–Kier alpha value is -4.36. The lowest BCUT2D eigenvalue weighted by molar-refractivity contribution is -0.228. The Kier molecular flexibility index (Phi) is 9.85. The standard InChI is InChI=1S/C45H54N4O8.ClH/c1-8-27-19-28-22-44(40(51)55-6,36-30(25-48(23-27)24-28)29-13-10-11-14-33(29)46-36)32-20-31-34(21-35(32)54-5)47(4)38-43(31)16-18-49-17-12-15-42(9-2,37(43)49)39(57-26(3)50)45(38,53)41(52)56-7;/h10-15,19-21,28,37-39,46,53H,8-9,16-18,22-25H2,1-7H3;1H/p-1/t28?,37-,38+,39+,42+,43+,44-,45-;/m0./s1. The number of methoxy groups -OCH3 is 3. The van der Waals surface area contributed by atoms with Gasteiger partial charge >= 0.3 is 17.9 Å². The summed E-state index contributed by atoms with van der Waals surface area (Å²) in [4.78, 5) is 53.1. The minimum Gasteiger partial charge on any atom is -1.00 e. The van der Waals surface area contributed by atoms with Gasteiger partial charge in [0.1, 0.15) is 11.2 Å². The molecule has 2 aromatic carbocycles. The summed E-state index contributed by atoms with van der Waals surface area (Å²) in [7, 11) is 6.22. The lowest BCUT2D eigenvalue weighted by Crippen LogP contribution is -3.00. The van der Waals surface area contributed by atoms with Crippen LogP contribution in [0.25, 0.3) is 10.9 Å². The normalized spacial score (nSPS) is 34.3. The van der Waals surface area contributed by atoms with Crippen LogP contribution in [0.15, 0.2) is 60.2 Å². The fourth-order valence-electron chi connectivity index (χ4n) is 12.8. The van der Waals surface area contributed by atoms with Gasteiger partial charge in [-0.15, -0.1) is 0 Å². The largest absolute Gasteiger partial charge is 1.00 e. The molecule has 310 valence electrons. The highest BCUT2D eigenvalue weighted by Crippen LogP contribution is 2.68. The fourth-order valence-corrected chi connectivity index (χ4v) is 12.8. The van der Waals surface area contributed by atoms with E-state index in [-0.39, 0.29) is 30.3 Å². The minimum absolute atomic E-state index is 0. The lowest BCUT2D eigenvalue weighted by atomic mass is 9.47. The maximum absolute atomic E-state index is 15.2. The fraction of sp³-hybridized carbons (Fsp3) is 0.533. The first-order valence-electron chi connectivity index (χ1n) is 20.3. The number of hydrogen-bond acceptors (Lipinski definition) is 11. The zero-order valence-electron chi connectivity index (χ0n) is 34.4. The molecule has 1 spiro atoms. The molecule has 6 aliphatic rings. The number of rotatable bonds is 7. The van der Waals surface area contributed by atoms with Gasteiger partial charge in [-0.25, -0.2) is 4.79 Å². The Bertz CT molecular complexity index is 2260. The molecule has 3 aromatic rings. The number of aliphatic hydroxyl groups is 1. The molecule has 1 saturated heterocycles. The number of para-hydroxylation sites is 1. The summed E-state index contributed by atoms with van der Waals surface area (Å²) in [5, 5.41) is 14.4. The number of carbonyl (C=O) groups is 3. The number of anilines is 1. The van der Waals surface area contributed by atoms with E-state index in [9.17, 15) is 14.7 Å². The molecule has 13 heteroatoms. The van der Waals surface area contributed by atoms with Crippen LogP contribution in [-0.4, -0.2) is 116 Å². The average molecular weight is 814 g/mol. The zero-order valence-corrected chi connectivity index (χ0v) is 35.2. The van der Waals surface area contributed by atoms with Crippen molar-refractivity contribution in [3.05, 3.63) is 82.6 Å². The SMILES string of the molecule is CCC1=CC2CN(C1)Cc1c([nH]c3ccccc13)[C@@](C(=O)OC)(c1cc3c(cc1OC)N(C)[C@H]1[C@@](O)(C(=O)OC)[C@H](OC(C)=O)[C@]4(CC)C=CCN5CC[C@]31[C@@H]54)C2.[Cl-]. The monoisotopic (exact) mass is 813 g/mol. The number of hydrogen-bond donors (Lipinski definition) is 2. The third-order valence-corrected chi connectivity index (χ3v) is 14.8.